The minimum Gasteiger partial charge on any atom is -0.353 e. The minimum absolute atomic E-state index is 0. The quantitative estimate of drug-likeness (QED) is 0.783. The summed E-state index contributed by atoms with van der Waals surface area (Å²) in [6, 6.07) is 12.4. The monoisotopic (exact) mass is 223 g/mol. The number of nitriles is 1. The Labute approximate surface area is 96.1 Å². The van der Waals surface area contributed by atoms with Crippen molar-refractivity contribution >= 4 is 18.1 Å². The largest absolute Gasteiger partial charge is 0.353 e. The molecule has 1 aromatic rings. The molecule has 1 unspecified atom stereocenters. The smallest absolute Gasteiger partial charge is 0.129 e. The summed E-state index contributed by atoms with van der Waals surface area (Å²) in [5, 5.41) is 12.2. The van der Waals surface area contributed by atoms with E-state index >= 15 is 0 Å². The number of anilines is 1. The Bertz CT molecular complexity index is 333. The highest BCUT2D eigenvalue weighted by molar-refractivity contribution is 5.85. The zero-order chi connectivity index (χ0) is 9.80. The topological polar surface area (TPSA) is 39.1 Å². The minimum atomic E-state index is -0.0360. The molecule has 1 aromatic carbocycles. The molecule has 0 aliphatic carbocycles. The maximum Gasteiger partial charge on any atom is 0.129 e. The summed E-state index contributed by atoms with van der Waals surface area (Å²) in [6.45, 7) is 2.61. The number of para-hydroxylation sites is 1. The van der Waals surface area contributed by atoms with E-state index in [0.717, 1.165) is 25.3 Å². The second-order valence-electron chi connectivity index (χ2n) is 3.38. The van der Waals surface area contributed by atoms with Crippen LogP contribution in [0.15, 0.2) is 30.3 Å². The fourth-order valence-corrected chi connectivity index (χ4v) is 1.75. The van der Waals surface area contributed by atoms with Crippen LogP contribution in [0.3, 0.4) is 0 Å². The molecule has 0 saturated carbocycles. The summed E-state index contributed by atoms with van der Waals surface area (Å²) in [6.07, 6.45) is 0. The van der Waals surface area contributed by atoms with Crippen molar-refractivity contribution in [2.75, 3.05) is 24.5 Å². The molecule has 1 fully saturated rings. The number of nitrogens with zero attached hydrogens (tertiary/aromatic N) is 2. The van der Waals surface area contributed by atoms with Gasteiger partial charge in [0.25, 0.3) is 0 Å². The molecule has 0 radical (unpaired) electrons. The Morgan fingerprint density at radius 2 is 2.07 bits per heavy atom. The average Bonchev–Trinajstić information content (AvgIpc) is 2.30. The van der Waals surface area contributed by atoms with Gasteiger partial charge in [0.2, 0.25) is 0 Å². The lowest BCUT2D eigenvalue weighted by Crippen LogP contribution is -2.50. The van der Waals surface area contributed by atoms with E-state index < -0.39 is 0 Å². The van der Waals surface area contributed by atoms with Gasteiger partial charge >= 0.3 is 0 Å². The van der Waals surface area contributed by atoms with Gasteiger partial charge in [0.15, 0.2) is 0 Å². The maximum atomic E-state index is 8.99. The Morgan fingerprint density at radius 3 is 2.73 bits per heavy atom. The standard InChI is InChI=1S/C11H13N3.ClH/c12-8-11-9-13-6-7-14(11)10-4-2-1-3-5-10;/h1-5,11,13H,6-7,9H2;1H. The van der Waals surface area contributed by atoms with Gasteiger partial charge in [-0.2, -0.15) is 5.26 Å². The van der Waals surface area contributed by atoms with Crippen LogP contribution < -0.4 is 10.2 Å². The molecular formula is C11H14ClN3. The van der Waals surface area contributed by atoms with Crippen LogP contribution >= 0.6 is 12.4 Å². The highest BCUT2D eigenvalue weighted by Gasteiger charge is 2.21. The first kappa shape index (κ1) is 11.8. The van der Waals surface area contributed by atoms with Crippen LogP contribution in [0.25, 0.3) is 0 Å². The van der Waals surface area contributed by atoms with Crippen molar-refractivity contribution in [1.29, 1.82) is 5.26 Å². The van der Waals surface area contributed by atoms with E-state index in [2.05, 4.69) is 28.4 Å². The summed E-state index contributed by atoms with van der Waals surface area (Å²) >= 11 is 0. The number of piperazine rings is 1. The fraction of sp³-hybridized carbons (Fsp3) is 0.364. The maximum absolute atomic E-state index is 8.99. The number of halogens is 1. The molecule has 1 heterocycles. The molecule has 0 aromatic heterocycles. The van der Waals surface area contributed by atoms with E-state index in [9.17, 15) is 0 Å². The Hall–Kier alpha value is -1.24. The Morgan fingerprint density at radius 1 is 1.33 bits per heavy atom. The lowest BCUT2D eigenvalue weighted by Gasteiger charge is -2.33. The summed E-state index contributed by atoms with van der Waals surface area (Å²) in [5.74, 6) is 0. The molecule has 0 amide bonds. The molecule has 80 valence electrons. The van der Waals surface area contributed by atoms with Crippen LogP contribution in [-0.4, -0.2) is 25.7 Å². The molecule has 4 heteroatoms. The third kappa shape index (κ3) is 2.62. The van der Waals surface area contributed by atoms with Gasteiger partial charge in [-0.1, -0.05) is 18.2 Å². The van der Waals surface area contributed by atoms with Crippen molar-refractivity contribution in [2.45, 2.75) is 6.04 Å². The predicted octanol–water partition coefficient (Wildman–Crippen LogP) is 1.41. The van der Waals surface area contributed by atoms with E-state index in [0.29, 0.717) is 0 Å². The first-order chi connectivity index (χ1) is 6.92. The molecule has 0 bridgehead atoms. The summed E-state index contributed by atoms with van der Waals surface area (Å²) in [7, 11) is 0. The van der Waals surface area contributed by atoms with Crippen LogP contribution in [0.2, 0.25) is 0 Å². The third-order valence-electron chi connectivity index (χ3n) is 2.48. The highest BCUT2D eigenvalue weighted by atomic mass is 35.5. The summed E-state index contributed by atoms with van der Waals surface area (Å²) in [4.78, 5) is 2.15. The lowest BCUT2D eigenvalue weighted by atomic mass is 10.2. The van der Waals surface area contributed by atoms with E-state index in [1.165, 1.54) is 0 Å². The van der Waals surface area contributed by atoms with E-state index in [-0.39, 0.29) is 18.4 Å². The van der Waals surface area contributed by atoms with Gasteiger partial charge in [0, 0.05) is 25.3 Å². The van der Waals surface area contributed by atoms with Crippen LogP contribution in [0, 0.1) is 11.3 Å². The molecule has 1 aliphatic heterocycles. The van der Waals surface area contributed by atoms with Crippen molar-refractivity contribution in [3.05, 3.63) is 30.3 Å². The van der Waals surface area contributed by atoms with Crippen molar-refractivity contribution in [2.24, 2.45) is 0 Å². The van der Waals surface area contributed by atoms with Gasteiger partial charge in [-0.15, -0.1) is 12.4 Å². The van der Waals surface area contributed by atoms with Crippen LogP contribution in [0.1, 0.15) is 0 Å². The van der Waals surface area contributed by atoms with Crippen LogP contribution in [0.5, 0.6) is 0 Å². The average molecular weight is 224 g/mol. The SMILES string of the molecule is Cl.N#CC1CNCCN1c1ccccc1. The van der Waals surface area contributed by atoms with E-state index in [4.69, 9.17) is 5.26 Å². The Kier molecular flexibility index (Phi) is 4.41. The van der Waals surface area contributed by atoms with Gasteiger partial charge in [-0.05, 0) is 12.1 Å². The molecule has 0 spiro atoms. The number of nitrogens with one attached hydrogen (secondary N) is 1. The highest BCUT2D eigenvalue weighted by Crippen LogP contribution is 2.16. The normalized spacial score (nSPS) is 20.2. The van der Waals surface area contributed by atoms with E-state index in [1.54, 1.807) is 0 Å². The van der Waals surface area contributed by atoms with Crippen molar-refractivity contribution in [3.63, 3.8) is 0 Å². The zero-order valence-corrected chi connectivity index (χ0v) is 9.20. The molecule has 2 rings (SSSR count). The molecule has 1 aliphatic rings. The second kappa shape index (κ2) is 5.59. The van der Waals surface area contributed by atoms with E-state index in [1.807, 2.05) is 18.2 Å². The van der Waals surface area contributed by atoms with Gasteiger partial charge in [0.05, 0.1) is 6.07 Å². The van der Waals surface area contributed by atoms with Gasteiger partial charge in [0.1, 0.15) is 6.04 Å². The number of hydrogen-bond acceptors (Lipinski definition) is 3. The molecular weight excluding hydrogens is 210 g/mol. The predicted molar refractivity (Wildman–Crippen MR) is 63.3 cm³/mol. The van der Waals surface area contributed by atoms with Crippen LogP contribution in [0.4, 0.5) is 5.69 Å². The molecule has 1 N–H and O–H groups in total. The Balaban J connectivity index is 0.00000112. The first-order valence-corrected chi connectivity index (χ1v) is 4.84. The number of hydrogen-bond donors (Lipinski definition) is 1. The third-order valence-corrected chi connectivity index (χ3v) is 2.48. The zero-order valence-electron chi connectivity index (χ0n) is 8.39. The first-order valence-electron chi connectivity index (χ1n) is 4.84. The van der Waals surface area contributed by atoms with Gasteiger partial charge in [-0.3, -0.25) is 0 Å². The summed E-state index contributed by atoms with van der Waals surface area (Å²) < 4.78 is 0. The molecule has 15 heavy (non-hydrogen) atoms. The van der Waals surface area contributed by atoms with Gasteiger partial charge in [-0.25, -0.2) is 0 Å². The number of rotatable bonds is 1. The van der Waals surface area contributed by atoms with Crippen LogP contribution in [-0.2, 0) is 0 Å². The van der Waals surface area contributed by atoms with Crippen molar-refractivity contribution in [1.82, 2.24) is 5.32 Å². The fourth-order valence-electron chi connectivity index (χ4n) is 1.75. The molecule has 1 atom stereocenters. The summed E-state index contributed by atoms with van der Waals surface area (Å²) in [5.41, 5.74) is 1.14. The van der Waals surface area contributed by atoms with Gasteiger partial charge < -0.3 is 10.2 Å². The second-order valence-corrected chi connectivity index (χ2v) is 3.38. The molecule has 1 saturated heterocycles. The molecule has 3 nitrogen and oxygen atoms in total. The van der Waals surface area contributed by atoms with Crippen molar-refractivity contribution in [3.8, 4) is 6.07 Å². The lowest BCUT2D eigenvalue weighted by molar-refractivity contribution is 0.535. The number of benzene rings is 1. The van der Waals surface area contributed by atoms with Crippen molar-refractivity contribution < 1.29 is 0 Å².